The number of aromatic carboxylic acids is 1. The molecule has 0 bridgehead atoms. The second-order valence-electron chi connectivity index (χ2n) is 4.01. The lowest BCUT2D eigenvalue weighted by molar-refractivity contribution is 0.0696. The monoisotopic (exact) mass is 257 g/mol. The summed E-state index contributed by atoms with van der Waals surface area (Å²) in [5.41, 5.74) is 0.241. The first-order valence-corrected chi connectivity index (χ1v) is 6.59. The highest BCUT2D eigenvalue weighted by atomic mass is 32.2. The topological polar surface area (TPSA) is 83.5 Å². The summed E-state index contributed by atoms with van der Waals surface area (Å²) in [6, 6.07) is 3.96. The number of carboxylic acid groups (broad SMARTS) is 1. The standard InChI is InChI=1S/C11H15NO4S/c1-7(2)12-17(15,16)10-6-4-5-9(8(10)3)11(13)14/h4-7,12H,1-3H3,(H,13,14). The minimum atomic E-state index is -3.66. The van der Waals surface area contributed by atoms with Crippen molar-refractivity contribution in [1.29, 1.82) is 0 Å². The quantitative estimate of drug-likeness (QED) is 0.853. The van der Waals surface area contributed by atoms with E-state index in [4.69, 9.17) is 5.11 Å². The minimum absolute atomic E-state index is 0.00312. The third kappa shape index (κ3) is 3.04. The maximum atomic E-state index is 11.9. The van der Waals surface area contributed by atoms with Gasteiger partial charge in [0.15, 0.2) is 0 Å². The molecule has 1 aromatic carbocycles. The summed E-state index contributed by atoms with van der Waals surface area (Å²) >= 11 is 0. The van der Waals surface area contributed by atoms with E-state index in [9.17, 15) is 13.2 Å². The van der Waals surface area contributed by atoms with Crippen molar-refractivity contribution in [3.63, 3.8) is 0 Å². The predicted octanol–water partition coefficient (Wildman–Crippen LogP) is 1.38. The SMILES string of the molecule is Cc1c(C(=O)O)cccc1S(=O)(=O)NC(C)C. The van der Waals surface area contributed by atoms with E-state index < -0.39 is 16.0 Å². The van der Waals surface area contributed by atoms with Gasteiger partial charge in [-0.05, 0) is 38.5 Å². The number of sulfonamides is 1. The second kappa shape index (κ2) is 4.85. The van der Waals surface area contributed by atoms with E-state index >= 15 is 0 Å². The van der Waals surface area contributed by atoms with Gasteiger partial charge < -0.3 is 5.11 Å². The Morgan fingerprint density at radius 1 is 1.35 bits per heavy atom. The minimum Gasteiger partial charge on any atom is -0.478 e. The molecule has 0 radical (unpaired) electrons. The Bertz CT molecular complexity index is 534. The molecule has 2 N–H and O–H groups in total. The largest absolute Gasteiger partial charge is 0.478 e. The molecule has 0 atom stereocenters. The molecule has 94 valence electrons. The van der Waals surface area contributed by atoms with Crippen LogP contribution in [0.15, 0.2) is 23.1 Å². The van der Waals surface area contributed by atoms with E-state index in [-0.39, 0.29) is 22.1 Å². The molecule has 0 aliphatic carbocycles. The molecule has 5 nitrogen and oxygen atoms in total. The molecule has 0 unspecified atom stereocenters. The molecule has 0 spiro atoms. The first kappa shape index (κ1) is 13.7. The Morgan fingerprint density at radius 2 is 1.94 bits per heavy atom. The number of hydrogen-bond donors (Lipinski definition) is 2. The fourth-order valence-corrected chi connectivity index (χ4v) is 3.03. The van der Waals surface area contributed by atoms with Crippen molar-refractivity contribution in [3.8, 4) is 0 Å². The van der Waals surface area contributed by atoms with Gasteiger partial charge in [0.1, 0.15) is 0 Å². The smallest absolute Gasteiger partial charge is 0.335 e. The van der Waals surface area contributed by atoms with Gasteiger partial charge in [0.05, 0.1) is 10.5 Å². The number of nitrogens with one attached hydrogen (secondary N) is 1. The third-order valence-electron chi connectivity index (χ3n) is 2.19. The Labute approximate surface area is 101 Å². The normalized spacial score (nSPS) is 11.8. The lowest BCUT2D eigenvalue weighted by Crippen LogP contribution is -2.31. The van der Waals surface area contributed by atoms with Crippen LogP contribution in [-0.4, -0.2) is 25.5 Å². The lowest BCUT2D eigenvalue weighted by Gasteiger charge is -2.12. The second-order valence-corrected chi connectivity index (χ2v) is 5.69. The van der Waals surface area contributed by atoms with Crippen molar-refractivity contribution >= 4 is 16.0 Å². The van der Waals surface area contributed by atoms with Gasteiger partial charge in [-0.2, -0.15) is 0 Å². The molecule has 0 saturated heterocycles. The predicted molar refractivity (Wildman–Crippen MR) is 63.6 cm³/mol. The van der Waals surface area contributed by atoms with Crippen LogP contribution in [-0.2, 0) is 10.0 Å². The first-order chi connectivity index (χ1) is 7.75. The van der Waals surface area contributed by atoms with Crippen LogP contribution in [0.2, 0.25) is 0 Å². The summed E-state index contributed by atoms with van der Waals surface area (Å²) in [7, 11) is -3.66. The zero-order chi connectivity index (χ0) is 13.2. The molecule has 0 aliphatic heterocycles. The van der Waals surface area contributed by atoms with Crippen LogP contribution in [0.1, 0.15) is 29.8 Å². The van der Waals surface area contributed by atoms with E-state index in [0.29, 0.717) is 0 Å². The van der Waals surface area contributed by atoms with Gasteiger partial charge in [0.25, 0.3) is 0 Å². The van der Waals surface area contributed by atoms with Gasteiger partial charge in [-0.25, -0.2) is 17.9 Å². The molecule has 1 aromatic rings. The molecule has 0 aliphatic rings. The van der Waals surface area contributed by atoms with E-state index in [1.807, 2.05) is 0 Å². The van der Waals surface area contributed by atoms with Gasteiger partial charge in [0, 0.05) is 6.04 Å². The summed E-state index contributed by atoms with van der Waals surface area (Å²) in [4.78, 5) is 10.9. The van der Waals surface area contributed by atoms with Crippen LogP contribution >= 0.6 is 0 Å². The molecule has 0 fully saturated rings. The van der Waals surface area contributed by atoms with E-state index in [0.717, 1.165) is 0 Å². The van der Waals surface area contributed by atoms with Crippen LogP contribution in [0.25, 0.3) is 0 Å². The number of benzene rings is 1. The van der Waals surface area contributed by atoms with Gasteiger partial charge in [-0.1, -0.05) is 6.07 Å². The van der Waals surface area contributed by atoms with E-state index in [1.54, 1.807) is 13.8 Å². The Morgan fingerprint density at radius 3 is 2.41 bits per heavy atom. The highest BCUT2D eigenvalue weighted by molar-refractivity contribution is 7.89. The third-order valence-corrected chi connectivity index (χ3v) is 4.00. The summed E-state index contributed by atoms with van der Waals surface area (Å²) in [6.07, 6.45) is 0. The fraction of sp³-hybridized carbons (Fsp3) is 0.364. The van der Waals surface area contributed by atoms with Crippen molar-refractivity contribution in [2.75, 3.05) is 0 Å². The Balaban J connectivity index is 3.33. The maximum absolute atomic E-state index is 11.9. The van der Waals surface area contributed by atoms with Crippen molar-refractivity contribution in [3.05, 3.63) is 29.3 Å². The van der Waals surface area contributed by atoms with Crippen molar-refractivity contribution < 1.29 is 18.3 Å². The average Bonchev–Trinajstić information content (AvgIpc) is 2.14. The van der Waals surface area contributed by atoms with Crippen LogP contribution in [0.4, 0.5) is 0 Å². The van der Waals surface area contributed by atoms with E-state index in [1.165, 1.54) is 25.1 Å². The molecule has 0 aromatic heterocycles. The summed E-state index contributed by atoms with van der Waals surface area (Å²) in [6.45, 7) is 4.89. The maximum Gasteiger partial charge on any atom is 0.335 e. The highest BCUT2D eigenvalue weighted by Gasteiger charge is 2.21. The van der Waals surface area contributed by atoms with Gasteiger partial charge in [-0.3, -0.25) is 0 Å². The van der Waals surface area contributed by atoms with Crippen LogP contribution in [0, 0.1) is 6.92 Å². The molecule has 0 saturated carbocycles. The Kier molecular flexibility index (Phi) is 3.90. The van der Waals surface area contributed by atoms with Gasteiger partial charge >= 0.3 is 5.97 Å². The van der Waals surface area contributed by atoms with Crippen LogP contribution in [0.5, 0.6) is 0 Å². The van der Waals surface area contributed by atoms with Crippen LogP contribution < -0.4 is 4.72 Å². The average molecular weight is 257 g/mol. The molecular weight excluding hydrogens is 242 g/mol. The summed E-state index contributed by atoms with van der Waals surface area (Å²) in [5, 5.41) is 8.92. The molecule has 6 heteroatoms. The van der Waals surface area contributed by atoms with Crippen LogP contribution in [0.3, 0.4) is 0 Å². The van der Waals surface area contributed by atoms with Crippen molar-refractivity contribution in [2.24, 2.45) is 0 Å². The zero-order valence-electron chi connectivity index (χ0n) is 9.89. The summed E-state index contributed by atoms with van der Waals surface area (Å²) < 4.78 is 26.3. The number of carboxylic acids is 1. The van der Waals surface area contributed by atoms with Gasteiger partial charge in [-0.15, -0.1) is 0 Å². The van der Waals surface area contributed by atoms with Gasteiger partial charge in [0.2, 0.25) is 10.0 Å². The summed E-state index contributed by atoms with van der Waals surface area (Å²) in [5.74, 6) is -1.14. The first-order valence-electron chi connectivity index (χ1n) is 5.11. The fourth-order valence-electron chi connectivity index (χ4n) is 1.51. The molecule has 0 heterocycles. The lowest BCUT2D eigenvalue weighted by atomic mass is 10.1. The molecular formula is C11H15NO4S. The van der Waals surface area contributed by atoms with Crippen molar-refractivity contribution in [1.82, 2.24) is 4.72 Å². The molecule has 17 heavy (non-hydrogen) atoms. The highest BCUT2D eigenvalue weighted by Crippen LogP contribution is 2.19. The van der Waals surface area contributed by atoms with E-state index in [2.05, 4.69) is 4.72 Å². The molecule has 0 amide bonds. The van der Waals surface area contributed by atoms with Crippen molar-refractivity contribution in [2.45, 2.75) is 31.7 Å². The Hall–Kier alpha value is -1.40. The number of hydrogen-bond acceptors (Lipinski definition) is 3. The number of rotatable bonds is 4. The zero-order valence-corrected chi connectivity index (χ0v) is 10.7. The molecule has 1 rings (SSSR count). The number of carbonyl (C=O) groups is 1.